The number of allylic oxidation sites excluding steroid dienone is 2. The molecule has 1 aliphatic heterocycles. The lowest BCUT2D eigenvalue weighted by Crippen LogP contribution is -2.40. The summed E-state index contributed by atoms with van der Waals surface area (Å²) in [6.07, 6.45) is 2.33. The van der Waals surface area contributed by atoms with Crippen molar-refractivity contribution in [2.45, 2.75) is 57.6 Å². The monoisotopic (exact) mass is 460 g/mol. The fourth-order valence-corrected chi connectivity index (χ4v) is 5.00. The summed E-state index contributed by atoms with van der Waals surface area (Å²) in [5.41, 5.74) is 6.83. The summed E-state index contributed by atoms with van der Waals surface area (Å²) < 4.78 is 6.08. The van der Waals surface area contributed by atoms with Crippen LogP contribution in [0.1, 0.15) is 43.7 Å². The van der Waals surface area contributed by atoms with E-state index in [1.54, 1.807) is 18.0 Å². The molecule has 1 amide bonds. The summed E-state index contributed by atoms with van der Waals surface area (Å²) in [6, 6.07) is -1.06. The lowest BCUT2D eigenvalue weighted by atomic mass is 9.77. The number of nitrogens with two attached hydrogens (primary N) is 1. The number of carbonyl (C=O) groups excluding carboxylic acids is 1. The van der Waals surface area contributed by atoms with E-state index in [1.807, 2.05) is 6.92 Å². The molecule has 1 saturated heterocycles. The highest BCUT2D eigenvalue weighted by Crippen LogP contribution is 2.50. The van der Waals surface area contributed by atoms with Crippen LogP contribution in [0.3, 0.4) is 0 Å². The SMILES string of the molecule is Cc1ncc(C(N)C(=O)N2CC[C@@H]3C(OC4=C(C(=O)O)C(O)=C(CCB(O)O)C(C)C4)C32)[nH]1. The highest BCUT2D eigenvalue weighted by molar-refractivity contribution is 6.41. The zero-order valence-electron chi connectivity index (χ0n) is 18.6. The maximum Gasteiger partial charge on any atom is 0.451 e. The van der Waals surface area contributed by atoms with Crippen molar-refractivity contribution in [2.24, 2.45) is 17.6 Å². The molecule has 3 aliphatic rings. The van der Waals surface area contributed by atoms with Gasteiger partial charge in [-0.15, -0.1) is 0 Å². The summed E-state index contributed by atoms with van der Waals surface area (Å²) in [7, 11) is -1.54. The number of aliphatic hydroxyl groups is 1. The summed E-state index contributed by atoms with van der Waals surface area (Å²) in [4.78, 5) is 33.7. The fraction of sp³-hybridized carbons (Fsp3) is 0.571. The van der Waals surface area contributed by atoms with Crippen LogP contribution in [0.2, 0.25) is 6.32 Å². The van der Waals surface area contributed by atoms with Gasteiger partial charge in [0.15, 0.2) is 0 Å². The number of imidazole rings is 1. The Hall–Kier alpha value is -2.83. The Morgan fingerprint density at radius 1 is 1.42 bits per heavy atom. The molecule has 0 spiro atoms. The normalized spacial score (nSPS) is 27.5. The number of likely N-dealkylation sites (tertiary alicyclic amines) is 1. The van der Waals surface area contributed by atoms with E-state index in [4.69, 9.17) is 20.5 Å². The van der Waals surface area contributed by atoms with Gasteiger partial charge < -0.3 is 40.6 Å². The first kappa shape index (κ1) is 23.3. The van der Waals surface area contributed by atoms with Crippen LogP contribution in [-0.4, -0.2) is 72.8 Å². The van der Waals surface area contributed by atoms with Gasteiger partial charge in [0.05, 0.1) is 17.9 Å². The summed E-state index contributed by atoms with van der Waals surface area (Å²) in [5, 5.41) is 38.6. The number of fused-ring (bicyclic) bond motifs is 1. The minimum absolute atomic E-state index is 0.00716. The molecule has 11 nitrogen and oxygen atoms in total. The molecule has 178 valence electrons. The maximum absolute atomic E-state index is 13.0. The molecular weight excluding hydrogens is 431 g/mol. The molecule has 2 aliphatic carbocycles. The van der Waals surface area contributed by atoms with Gasteiger partial charge in [-0.1, -0.05) is 6.92 Å². The van der Waals surface area contributed by atoms with E-state index in [9.17, 15) is 19.8 Å². The van der Waals surface area contributed by atoms with Crippen molar-refractivity contribution in [3.63, 3.8) is 0 Å². The Bertz CT molecular complexity index is 1020. The third kappa shape index (κ3) is 4.38. The van der Waals surface area contributed by atoms with E-state index < -0.39 is 19.1 Å². The third-order valence-electron chi connectivity index (χ3n) is 6.80. The first-order valence-electron chi connectivity index (χ1n) is 11.1. The Kier molecular flexibility index (Phi) is 6.25. The van der Waals surface area contributed by atoms with Crippen LogP contribution in [0.25, 0.3) is 0 Å². The second kappa shape index (κ2) is 8.84. The minimum atomic E-state index is -1.54. The number of piperidine rings is 1. The van der Waals surface area contributed by atoms with E-state index in [-0.39, 0.29) is 66.1 Å². The Morgan fingerprint density at radius 2 is 2.15 bits per heavy atom. The molecule has 4 unspecified atom stereocenters. The van der Waals surface area contributed by atoms with Gasteiger partial charge in [-0.05, 0) is 37.6 Å². The average molecular weight is 460 g/mol. The molecule has 1 saturated carbocycles. The molecule has 1 aromatic rings. The van der Waals surface area contributed by atoms with Crippen LogP contribution in [0.15, 0.2) is 28.9 Å². The summed E-state index contributed by atoms with van der Waals surface area (Å²) in [6.45, 7) is 4.15. The number of nitrogens with zero attached hydrogens (tertiary/aromatic N) is 2. The largest absolute Gasteiger partial charge is 0.507 e. The molecule has 2 heterocycles. The van der Waals surface area contributed by atoms with Crippen molar-refractivity contribution in [3.8, 4) is 0 Å². The molecule has 7 N–H and O–H groups in total. The molecule has 4 rings (SSSR count). The molecule has 33 heavy (non-hydrogen) atoms. The smallest absolute Gasteiger partial charge is 0.451 e. The number of carboxylic acid groups (broad SMARTS) is 1. The van der Waals surface area contributed by atoms with Crippen LogP contribution in [0.5, 0.6) is 0 Å². The number of aliphatic hydroxyl groups excluding tert-OH is 1. The number of rotatable bonds is 8. The summed E-state index contributed by atoms with van der Waals surface area (Å²) in [5.74, 6) is -1.23. The number of ether oxygens (including phenoxy) is 1. The Labute approximate surface area is 191 Å². The van der Waals surface area contributed by atoms with Crippen molar-refractivity contribution in [2.75, 3.05) is 6.54 Å². The number of carboxylic acids is 1. The summed E-state index contributed by atoms with van der Waals surface area (Å²) >= 11 is 0. The van der Waals surface area contributed by atoms with Gasteiger partial charge in [0.1, 0.15) is 35.1 Å². The molecular formula is C21H29BN4O7. The third-order valence-corrected chi connectivity index (χ3v) is 6.80. The van der Waals surface area contributed by atoms with Gasteiger partial charge in [0, 0.05) is 18.9 Å². The lowest BCUT2D eigenvalue weighted by Gasteiger charge is -2.28. The van der Waals surface area contributed by atoms with Crippen molar-refractivity contribution in [1.82, 2.24) is 14.9 Å². The number of aliphatic carboxylic acids is 1. The van der Waals surface area contributed by atoms with Gasteiger partial charge in [0.2, 0.25) is 5.91 Å². The fourth-order valence-electron chi connectivity index (χ4n) is 5.00. The molecule has 1 aromatic heterocycles. The number of H-pyrrole nitrogens is 1. The Morgan fingerprint density at radius 3 is 2.76 bits per heavy atom. The van der Waals surface area contributed by atoms with Crippen molar-refractivity contribution < 1.29 is 34.6 Å². The lowest BCUT2D eigenvalue weighted by molar-refractivity contribution is -0.134. The highest BCUT2D eigenvalue weighted by atomic mass is 16.5. The van der Waals surface area contributed by atoms with Crippen LogP contribution in [-0.2, 0) is 14.3 Å². The van der Waals surface area contributed by atoms with Crippen LogP contribution < -0.4 is 5.73 Å². The predicted molar refractivity (Wildman–Crippen MR) is 116 cm³/mol. The van der Waals surface area contributed by atoms with Gasteiger partial charge in [-0.25, -0.2) is 9.78 Å². The molecule has 12 heteroatoms. The highest BCUT2D eigenvalue weighted by Gasteiger charge is 2.62. The molecule has 5 atom stereocenters. The Balaban J connectivity index is 1.50. The van der Waals surface area contributed by atoms with Crippen LogP contribution in [0.4, 0.5) is 0 Å². The molecule has 2 fully saturated rings. The van der Waals surface area contributed by atoms with E-state index in [2.05, 4.69) is 9.97 Å². The van der Waals surface area contributed by atoms with Gasteiger partial charge >= 0.3 is 13.1 Å². The van der Waals surface area contributed by atoms with Gasteiger partial charge in [-0.2, -0.15) is 0 Å². The minimum Gasteiger partial charge on any atom is -0.507 e. The van der Waals surface area contributed by atoms with Crippen LogP contribution >= 0.6 is 0 Å². The van der Waals surface area contributed by atoms with E-state index in [1.165, 1.54) is 0 Å². The molecule has 0 radical (unpaired) electrons. The molecule has 0 aromatic carbocycles. The second-order valence-electron chi connectivity index (χ2n) is 9.06. The number of carbonyl (C=O) groups is 2. The number of aromatic nitrogens is 2. The van der Waals surface area contributed by atoms with Gasteiger partial charge in [-0.3, -0.25) is 4.79 Å². The van der Waals surface area contributed by atoms with Crippen molar-refractivity contribution in [1.29, 1.82) is 0 Å². The van der Waals surface area contributed by atoms with E-state index in [0.717, 1.165) is 6.42 Å². The molecule has 0 bridgehead atoms. The standard InChI is InChI=1S/C21H29BN4O7/c1-9-7-14(15(21(29)30)18(27)11(9)3-5-22(31)32)33-19-12-4-6-26(17(12)19)20(28)16(23)13-8-24-10(2)25-13/h8-9,12,16-17,19,27,31-32H,3-7,23H2,1-2H3,(H,24,25)(H,29,30)/t9?,12-,16?,17?,19?/m0/s1. The first-order chi connectivity index (χ1) is 15.6. The number of nitrogens with one attached hydrogen (secondary N) is 1. The average Bonchev–Trinajstić information content (AvgIpc) is 3.06. The number of hydrogen-bond donors (Lipinski definition) is 6. The zero-order valence-corrected chi connectivity index (χ0v) is 18.6. The zero-order chi connectivity index (χ0) is 24.0. The van der Waals surface area contributed by atoms with E-state index >= 15 is 0 Å². The van der Waals surface area contributed by atoms with Crippen molar-refractivity contribution >= 4 is 19.0 Å². The number of hydrogen-bond acceptors (Lipinski definition) is 8. The first-order valence-corrected chi connectivity index (χ1v) is 11.1. The number of aromatic amines is 1. The number of aryl methyl sites for hydroxylation is 1. The van der Waals surface area contributed by atoms with Crippen LogP contribution in [0, 0.1) is 18.8 Å². The number of amides is 1. The maximum atomic E-state index is 13.0. The predicted octanol–water partition coefficient (Wildman–Crippen LogP) is 0.387. The second-order valence-corrected chi connectivity index (χ2v) is 9.06. The van der Waals surface area contributed by atoms with Gasteiger partial charge in [0.25, 0.3) is 0 Å². The topological polar surface area (TPSA) is 182 Å². The van der Waals surface area contributed by atoms with Crippen molar-refractivity contribution in [3.05, 3.63) is 40.4 Å². The quantitative estimate of drug-likeness (QED) is 0.299. The van der Waals surface area contributed by atoms with E-state index in [0.29, 0.717) is 23.6 Å².